The molecule has 0 spiro atoms. The fraction of sp³-hybridized carbons (Fsp3) is 0.429. The van der Waals surface area contributed by atoms with E-state index in [1.165, 1.54) is 11.1 Å². The number of nitrogens with zero attached hydrogens (tertiary/aromatic N) is 3. The molecule has 1 aromatic heterocycles. The summed E-state index contributed by atoms with van der Waals surface area (Å²) in [6, 6.07) is 8.60. The Balaban J connectivity index is 2.05. The zero-order chi connectivity index (χ0) is 12.5. The molecule has 1 unspecified atom stereocenters. The molecule has 1 atom stereocenters. The van der Waals surface area contributed by atoms with Gasteiger partial charge in [0, 0.05) is 26.6 Å². The van der Waals surface area contributed by atoms with Gasteiger partial charge in [-0.25, -0.2) is 4.98 Å². The summed E-state index contributed by atoms with van der Waals surface area (Å²) in [5, 5.41) is 7.92. The van der Waals surface area contributed by atoms with Crippen LogP contribution >= 0.6 is 0 Å². The molecule has 94 valence electrons. The average Bonchev–Trinajstić information content (AvgIpc) is 2.79. The lowest BCUT2D eigenvalue weighted by Crippen LogP contribution is -2.30. The Kier molecular flexibility index (Phi) is 2.88. The maximum absolute atomic E-state index is 4.66. The van der Waals surface area contributed by atoms with Crippen molar-refractivity contribution in [3.05, 3.63) is 47.0 Å². The smallest absolute Gasteiger partial charge is 0.150 e. The van der Waals surface area contributed by atoms with Gasteiger partial charge in [0.1, 0.15) is 5.82 Å². The molecule has 0 fully saturated rings. The fourth-order valence-electron chi connectivity index (χ4n) is 2.63. The van der Waals surface area contributed by atoms with Crippen molar-refractivity contribution in [1.29, 1.82) is 0 Å². The van der Waals surface area contributed by atoms with Crippen molar-refractivity contribution in [2.45, 2.75) is 25.8 Å². The molecule has 0 aliphatic carbocycles. The molecule has 2 aromatic rings. The van der Waals surface area contributed by atoms with Crippen molar-refractivity contribution < 1.29 is 0 Å². The van der Waals surface area contributed by atoms with E-state index in [0.29, 0.717) is 5.92 Å². The van der Waals surface area contributed by atoms with Gasteiger partial charge in [0.05, 0.1) is 5.92 Å². The number of rotatable bonds is 2. The quantitative estimate of drug-likeness (QED) is 0.870. The predicted octanol–water partition coefficient (Wildman–Crippen LogP) is 1.61. The second kappa shape index (κ2) is 4.53. The van der Waals surface area contributed by atoms with Crippen molar-refractivity contribution in [3.63, 3.8) is 0 Å². The van der Waals surface area contributed by atoms with E-state index < -0.39 is 0 Å². The summed E-state index contributed by atoms with van der Waals surface area (Å²) < 4.78 is 1.92. The maximum Gasteiger partial charge on any atom is 0.150 e. The third-order valence-electron chi connectivity index (χ3n) is 3.56. The molecule has 4 heteroatoms. The lowest BCUT2D eigenvalue weighted by atomic mass is 9.90. The van der Waals surface area contributed by atoms with Gasteiger partial charge >= 0.3 is 0 Å². The van der Waals surface area contributed by atoms with Gasteiger partial charge in [0.2, 0.25) is 0 Å². The van der Waals surface area contributed by atoms with Crippen LogP contribution in [0.1, 0.15) is 35.6 Å². The highest BCUT2D eigenvalue weighted by atomic mass is 15.3. The van der Waals surface area contributed by atoms with Crippen molar-refractivity contribution in [2.24, 2.45) is 7.05 Å². The standard InChI is InChI=1S/C14H18N4/c1-3-13-16-14(18(2)17-13)12-9-15-8-10-6-4-5-7-11(10)12/h4-7,12,15H,3,8-9H2,1-2H3. The number of aryl methyl sites for hydroxylation is 2. The van der Waals surface area contributed by atoms with Gasteiger partial charge in [-0.15, -0.1) is 0 Å². The first kappa shape index (κ1) is 11.4. The van der Waals surface area contributed by atoms with Gasteiger partial charge in [-0.3, -0.25) is 4.68 Å². The summed E-state index contributed by atoms with van der Waals surface area (Å²) in [7, 11) is 1.98. The predicted molar refractivity (Wildman–Crippen MR) is 70.4 cm³/mol. The summed E-state index contributed by atoms with van der Waals surface area (Å²) in [5.74, 6) is 2.30. The Hall–Kier alpha value is -1.68. The molecule has 3 rings (SSSR count). The van der Waals surface area contributed by atoms with Crippen LogP contribution in [0.5, 0.6) is 0 Å². The number of aromatic nitrogens is 3. The Morgan fingerprint density at radius 1 is 1.39 bits per heavy atom. The van der Waals surface area contributed by atoms with Crippen molar-refractivity contribution in [2.75, 3.05) is 6.54 Å². The normalized spacial score (nSPS) is 18.7. The first-order chi connectivity index (χ1) is 8.79. The van der Waals surface area contributed by atoms with Crippen LogP contribution < -0.4 is 5.32 Å². The summed E-state index contributed by atoms with van der Waals surface area (Å²) >= 11 is 0. The van der Waals surface area contributed by atoms with Gasteiger partial charge in [0.15, 0.2) is 5.82 Å². The minimum atomic E-state index is 0.313. The van der Waals surface area contributed by atoms with E-state index in [1.54, 1.807) is 0 Å². The van der Waals surface area contributed by atoms with E-state index in [2.05, 4.69) is 46.6 Å². The van der Waals surface area contributed by atoms with Crippen molar-refractivity contribution in [3.8, 4) is 0 Å². The molecule has 2 heterocycles. The number of hydrogen-bond donors (Lipinski definition) is 1. The molecule has 0 saturated heterocycles. The highest BCUT2D eigenvalue weighted by molar-refractivity contribution is 5.36. The Bertz CT molecular complexity index is 559. The molecule has 1 aliphatic rings. The highest BCUT2D eigenvalue weighted by Crippen LogP contribution is 2.28. The monoisotopic (exact) mass is 242 g/mol. The molecular weight excluding hydrogens is 224 g/mol. The summed E-state index contributed by atoms with van der Waals surface area (Å²) in [6.07, 6.45) is 0.885. The van der Waals surface area contributed by atoms with Gasteiger partial charge in [0.25, 0.3) is 0 Å². The lowest BCUT2D eigenvalue weighted by Gasteiger charge is -2.25. The SMILES string of the molecule is CCc1nc(C2CNCc3ccccc32)n(C)n1. The van der Waals surface area contributed by atoms with E-state index in [0.717, 1.165) is 31.2 Å². The molecule has 0 bridgehead atoms. The molecule has 18 heavy (non-hydrogen) atoms. The van der Waals surface area contributed by atoms with E-state index in [-0.39, 0.29) is 0 Å². The first-order valence-corrected chi connectivity index (χ1v) is 6.48. The third-order valence-corrected chi connectivity index (χ3v) is 3.56. The molecule has 1 aromatic carbocycles. The van der Waals surface area contributed by atoms with Crippen LogP contribution in [0.3, 0.4) is 0 Å². The average molecular weight is 242 g/mol. The van der Waals surface area contributed by atoms with Gasteiger partial charge in [-0.2, -0.15) is 5.10 Å². The molecule has 1 N–H and O–H groups in total. The Morgan fingerprint density at radius 2 is 2.22 bits per heavy atom. The minimum absolute atomic E-state index is 0.313. The fourth-order valence-corrected chi connectivity index (χ4v) is 2.63. The Labute approximate surface area is 107 Å². The van der Waals surface area contributed by atoms with Crippen LogP contribution in [-0.2, 0) is 20.0 Å². The van der Waals surface area contributed by atoms with E-state index >= 15 is 0 Å². The molecule has 4 nitrogen and oxygen atoms in total. The highest BCUT2D eigenvalue weighted by Gasteiger charge is 2.25. The second-order valence-corrected chi connectivity index (χ2v) is 4.75. The number of hydrogen-bond acceptors (Lipinski definition) is 3. The van der Waals surface area contributed by atoms with Crippen LogP contribution in [0, 0.1) is 0 Å². The van der Waals surface area contributed by atoms with Crippen LogP contribution in [-0.4, -0.2) is 21.3 Å². The zero-order valence-electron chi connectivity index (χ0n) is 10.8. The van der Waals surface area contributed by atoms with Gasteiger partial charge in [-0.05, 0) is 11.1 Å². The topological polar surface area (TPSA) is 42.7 Å². The van der Waals surface area contributed by atoms with Gasteiger partial charge in [-0.1, -0.05) is 31.2 Å². The number of fused-ring (bicyclic) bond motifs is 1. The number of benzene rings is 1. The van der Waals surface area contributed by atoms with Crippen LogP contribution in [0.15, 0.2) is 24.3 Å². The second-order valence-electron chi connectivity index (χ2n) is 4.75. The molecule has 0 radical (unpaired) electrons. The number of nitrogens with one attached hydrogen (secondary N) is 1. The van der Waals surface area contributed by atoms with Crippen molar-refractivity contribution in [1.82, 2.24) is 20.1 Å². The first-order valence-electron chi connectivity index (χ1n) is 6.48. The molecule has 0 saturated carbocycles. The third kappa shape index (κ3) is 1.82. The van der Waals surface area contributed by atoms with E-state index in [1.807, 2.05) is 11.7 Å². The van der Waals surface area contributed by atoms with Gasteiger partial charge < -0.3 is 5.32 Å². The lowest BCUT2D eigenvalue weighted by molar-refractivity contribution is 0.548. The van der Waals surface area contributed by atoms with E-state index in [9.17, 15) is 0 Å². The summed E-state index contributed by atoms with van der Waals surface area (Å²) in [6.45, 7) is 3.98. The van der Waals surface area contributed by atoms with E-state index in [4.69, 9.17) is 0 Å². The molecule has 0 amide bonds. The summed E-state index contributed by atoms with van der Waals surface area (Å²) in [5.41, 5.74) is 2.75. The maximum atomic E-state index is 4.66. The molecule has 1 aliphatic heterocycles. The van der Waals surface area contributed by atoms with Crippen molar-refractivity contribution >= 4 is 0 Å². The zero-order valence-corrected chi connectivity index (χ0v) is 10.8. The summed E-state index contributed by atoms with van der Waals surface area (Å²) in [4.78, 5) is 4.66. The minimum Gasteiger partial charge on any atom is -0.312 e. The van der Waals surface area contributed by atoms with Crippen LogP contribution in [0.25, 0.3) is 0 Å². The molecular formula is C14H18N4. The largest absolute Gasteiger partial charge is 0.312 e. The van der Waals surface area contributed by atoms with Crippen LogP contribution in [0.2, 0.25) is 0 Å². The Morgan fingerprint density at radius 3 is 3.00 bits per heavy atom. The van der Waals surface area contributed by atoms with Crippen LogP contribution in [0.4, 0.5) is 0 Å².